The first-order valence-electron chi connectivity index (χ1n) is 8.74. The van der Waals surface area contributed by atoms with E-state index in [4.69, 9.17) is 9.47 Å². The van der Waals surface area contributed by atoms with Crippen molar-refractivity contribution in [3.8, 4) is 11.5 Å². The predicted octanol–water partition coefficient (Wildman–Crippen LogP) is 3.42. The molecule has 2 rings (SSSR count). The number of aryl methyl sites for hydroxylation is 2. The maximum absolute atomic E-state index is 5.69. The lowest BCUT2D eigenvalue weighted by Crippen LogP contribution is -2.36. The number of nitrogens with zero attached hydrogens (tertiary/aromatic N) is 2. The zero-order valence-corrected chi connectivity index (χ0v) is 17.0. The van der Waals surface area contributed by atoms with Crippen LogP contribution in [0, 0.1) is 13.8 Å². The lowest BCUT2D eigenvalue weighted by Gasteiger charge is -2.14. The summed E-state index contributed by atoms with van der Waals surface area (Å²) in [6.45, 7) is 8.18. The molecule has 0 radical (unpaired) electrons. The van der Waals surface area contributed by atoms with Crippen LogP contribution >= 0.6 is 11.3 Å². The van der Waals surface area contributed by atoms with E-state index >= 15 is 0 Å². The van der Waals surface area contributed by atoms with Gasteiger partial charge < -0.3 is 20.1 Å². The van der Waals surface area contributed by atoms with Crippen molar-refractivity contribution in [1.29, 1.82) is 0 Å². The minimum absolute atomic E-state index is 0.644. The fourth-order valence-electron chi connectivity index (χ4n) is 2.46. The number of hydrogen-bond donors (Lipinski definition) is 2. The van der Waals surface area contributed by atoms with Crippen LogP contribution in [0.15, 0.2) is 23.2 Å². The second-order valence-electron chi connectivity index (χ2n) is 5.85. The van der Waals surface area contributed by atoms with Crippen LogP contribution in [0.4, 0.5) is 0 Å². The van der Waals surface area contributed by atoms with Crippen LogP contribution in [0.25, 0.3) is 0 Å². The van der Waals surface area contributed by atoms with Gasteiger partial charge in [0.15, 0.2) is 17.5 Å². The van der Waals surface area contributed by atoms with Crippen LogP contribution < -0.4 is 20.1 Å². The van der Waals surface area contributed by atoms with Gasteiger partial charge in [-0.15, -0.1) is 11.3 Å². The number of nitrogens with one attached hydrogen (secondary N) is 2. The second-order valence-corrected chi connectivity index (χ2v) is 7.14. The molecule has 1 heterocycles. The van der Waals surface area contributed by atoms with Gasteiger partial charge in [0.2, 0.25) is 0 Å². The smallest absolute Gasteiger partial charge is 0.191 e. The number of aliphatic imine (C=N–C) groups is 1. The van der Waals surface area contributed by atoms with Crippen molar-refractivity contribution in [2.45, 2.75) is 40.3 Å². The summed E-state index contributed by atoms with van der Waals surface area (Å²) in [5, 5.41) is 7.74. The van der Waals surface area contributed by atoms with Crippen LogP contribution in [0.5, 0.6) is 11.5 Å². The average Bonchev–Trinajstić information content (AvgIpc) is 2.97. The van der Waals surface area contributed by atoms with E-state index in [-0.39, 0.29) is 0 Å². The third-order valence-electron chi connectivity index (χ3n) is 3.79. The zero-order chi connectivity index (χ0) is 18.9. The Labute approximate surface area is 159 Å². The monoisotopic (exact) mass is 376 g/mol. The number of rotatable bonds is 8. The molecule has 0 unspecified atom stereocenters. The number of thiazole rings is 1. The predicted molar refractivity (Wildman–Crippen MR) is 107 cm³/mol. The average molecular weight is 377 g/mol. The summed E-state index contributed by atoms with van der Waals surface area (Å²) in [6, 6.07) is 5.97. The molecule has 0 aliphatic heterocycles. The van der Waals surface area contributed by atoms with E-state index in [1.54, 1.807) is 25.5 Å². The Morgan fingerprint density at radius 1 is 1.19 bits per heavy atom. The molecule has 0 bridgehead atoms. The van der Waals surface area contributed by atoms with Crippen molar-refractivity contribution in [1.82, 2.24) is 15.6 Å². The minimum atomic E-state index is 0.644. The maximum atomic E-state index is 5.69. The SMILES string of the molecule is CCCOc1ccc(CNC(=NC)NCc2sc(C)nc2C)cc1OC. The van der Waals surface area contributed by atoms with Gasteiger partial charge >= 0.3 is 0 Å². The summed E-state index contributed by atoms with van der Waals surface area (Å²) < 4.78 is 11.1. The number of benzene rings is 1. The molecule has 0 saturated heterocycles. The van der Waals surface area contributed by atoms with Crippen molar-refractivity contribution in [3.63, 3.8) is 0 Å². The van der Waals surface area contributed by atoms with E-state index in [0.29, 0.717) is 19.7 Å². The van der Waals surface area contributed by atoms with E-state index < -0.39 is 0 Å². The highest BCUT2D eigenvalue weighted by Gasteiger charge is 2.08. The van der Waals surface area contributed by atoms with Gasteiger partial charge in [0, 0.05) is 18.5 Å². The molecule has 26 heavy (non-hydrogen) atoms. The zero-order valence-electron chi connectivity index (χ0n) is 16.2. The van der Waals surface area contributed by atoms with Crippen molar-refractivity contribution in [2.24, 2.45) is 4.99 Å². The number of hydrogen-bond acceptors (Lipinski definition) is 5. The van der Waals surface area contributed by atoms with Crippen LogP contribution in [0.1, 0.15) is 34.5 Å². The maximum Gasteiger partial charge on any atom is 0.191 e. The van der Waals surface area contributed by atoms with Crippen molar-refractivity contribution < 1.29 is 9.47 Å². The summed E-state index contributed by atoms with van der Waals surface area (Å²) in [7, 11) is 3.42. The fraction of sp³-hybridized carbons (Fsp3) is 0.474. The minimum Gasteiger partial charge on any atom is -0.493 e. The number of ether oxygens (including phenoxy) is 2. The van der Waals surface area contributed by atoms with Crippen molar-refractivity contribution in [3.05, 3.63) is 39.3 Å². The highest BCUT2D eigenvalue weighted by atomic mass is 32.1. The molecule has 0 amide bonds. The van der Waals surface area contributed by atoms with Crippen LogP contribution in [0.3, 0.4) is 0 Å². The summed E-state index contributed by atoms with van der Waals surface area (Å²) >= 11 is 1.71. The van der Waals surface area contributed by atoms with E-state index in [9.17, 15) is 0 Å². The summed E-state index contributed by atoms with van der Waals surface area (Å²) in [6.07, 6.45) is 0.965. The van der Waals surface area contributed by atoms with Crippen LogP contribution in [-0.4, -0.2) is 31.7 Å². The Kier molecular flexibility index (Phi) is 7.72. The quantitative estimate of drug-likeness (QED) is 0.546. The Balaban J connectivity index is 1.92. The first kappa shape index (κ1) is 20.0. The largest absolute Gasteiger partial charge is 0.493 e. The first-order valence-corrected chi connectivity index (χ1v) is 9.56. The molecule has 142 valence electrons. The molecule has 1 aromatic heterocycles. The van der Waals surface area contributed by atoms with Gasteiger partial charge in [0.05, 0.1) is 31.0 Å². The molecule has 6 nitrogen and oxygen atoms in total. The Morgan fingerprint density at radius 2 is 1.96 bits per heavy atom. The van der Waals surface area contributed by atoms with Gasteiger partial charge in [0.25, 0.3) is 0 Å². The highest BCUT2D eigenvalue weighted by Crippen LogP contribution is 2.28. The van der Waals surface area contributed by atoms with Crippen LogP contribution in [0.2, 0.25) is 0 Å². The van der Waals surface area contributed by atoms with E-state index in [2.05, 4.69) is 27.5 Å². The van der Waals surface area contributed by atoms with Gasteiger partial charge in [-0.25, -0.2) is 4.98 Å². The molecular weight excluding hydrogens is 348 g/mol. The van der Waals surface area contributed by atoms with Gasteiger partial charge in [-0.3, -0.25) is 4.99 Å². The topological polar surface area (TPSA) is 67.8 Å². The lowest BCUT2D eigenvalue weighted by atomic mass is 10.2. The standard InChI is InChI=1S/C19H28N4O2S/c1-6-9-25-16-8-7-15(10-17(16)24-5)11-21-19(20-4)22-12-18-13(2)23-14(3)26-18/h7-8,10H,6,9,11-12H2,1-5H3,(H2,20,21,22). The Bertz CT molecular complexity index is 743. The summed E-state index contributed by atoms with van der Waals surface area (Å²) in [5.41, 5.74) is 2.17. The number of aromatic nitrogens is 1. The molecule has 0 spiro atoms. The van der Waals surface area contributed by atoms with E-state index in [0.717, 1.165) is 40.1 Å². The normalized spacial score (nSPS) is 11.3. The summed E-state index contributed by atoms with van der Waals surface area (Å²) in [4.78, 5) is 9.95. The van der Waals surface area contributed by atoms with Crippen molar-refractivity contribution >= 4 is 17.3 Å². The van der Waals surface area contributed by atoms with Gasteiger partial charge in [-0.2, -0.15) is 0 Å². The Morgan fingerprint density at radius 3 is 2.58 bits per heavy atom. The molecule has 2 N–H and O–H groups in total. The molecule has 0 aliphatic rings. The molecule has 2 aromatic rings. The molecule has 0 fully saturated rings. The fourth-order valence-corrected chi connectivity index (χ4v) is 3.34. The summed E-state index contributed by atoms with van der Waals surface area (Å²) in [5.74, 6) is 2.27. The molecule has 0 aliphatic carbocycles. The molecule has 1 aromatic carbocycles. The molecular formula is C19H28N4O2S. The highest BCUT2D eigenvalue weighted by molar-refractivity contribution is 7.11. The third kappa shape index (κ3) is 5.62. The first-order chi connectivity index (χ1) is 12.6. The number of methoxy groups -OCH3 is 1. The molecule has 7 heteroatoms. The van der Waals surface area contributed by atoms with Gasteiger partial charge in [-0.05, 0) is 38.0 Å². The van der Waals surface area contributed by atoms with Gasteiger partial charge in [-0.1, -0.05) is 13.0 Å². The van der Waals surface area contributed by atoms with Crippen LogP contribution in [-0.2, 0) is 13.1 Å². The third-order valence-corrected chi connectivity index (χ3v) is 4.86. The van der Waals surface area contributed by atoms with Crippen molar-refractivity contribution in [2.75, 3.05) is 20.8 Å². The number of guanidine groups is 1. The molecule has 0 atom stereocenters. The van der Waals surface area contributed by atoms with E-state index in [1.807, 2.05) is 32.0 Å². The van der Waals surface area contributed by atoms with Gasteiger partial charge in [0.1, 0.15) is 0 Å². The second kappa shape index (κ2) is 10.0. The Hall–Kier alpha value is -2.28. The van der Waals surface area contributed by atoms with E-state index in [1.165, 1.54) is 4.88 Å². The lowest BCUT2D eigenvalue weighted by molar-refractivity contribution is 0.294. The molecule has 0 saturated carbocycles.